The molecule has 1 fully saturated rings. The summed E-state index contributed by atoms with van der Waals surface area (Å²) in [5.41, 5.74) is 0.705. The number of hydrogen-bond donors (Lipinski definition) is 1. The number of thiocarbonyl (C=S) groups is 1. The van der Waals surface area contributed by atoms with Crippen LogP contribution in [0.1, 0.15) is 5.56 Å². The van der Waals surface area contributed by atoms with Crippen molar-refractivity contribution in [3.8, 4) is 0 Å². The Bertz CT molecular complexity index is 514. The molecule has 82 valence electrons. The Kier molecular flexibility index (Phi) is 3.54. The third-order valence-electron chi connectivity index (χ3n) is 1.89. The predicted octanol–water partition coefficient (Wildman–Crippen LogP) is 3.48. The molecule has 16 heavy (non-hydrogen) atoms. The summed E-state index contributed by atoms with van der Waals surface area (Å²) in [6.45, 7) is 0. The quantitative estimate of drug-likeness (QED) is 0.634. The molecular formula is C10H5Cl2NOS2. The van der Waals surface area contributed by atoms with Crippen molar-refractivity contribution in [2.45, 2.75) is 0 Å². The molecule has 0 atom stereocenters. The molecule has 0 bridgehead atoms. The summed E-state index contributed by atoms with van der Waals surface area (Å²) < 4.78 is 0.453. The second-order valence-corrected chi connectivity index (χ2v) is 5.58. The molecule has 0 saturated carbocycles. The highest BCUT2D eigenvalue weighted by Crippen LogP contribution is 2.29. The Labute approximate surface area is 112 Å². The van der Waals surface area contributed by atoms with Gasteiger partial charge in [-0.15, -0.1) is 0 Å². The van der Waals surface area contributed by atoms with E-state index in [0.717, 1.165) is 0 Å². The number of carbonyl (C=O) groups excluding carboxylic acids is 1. The van der Waals surface area contributed by atoms with E-state index in [9.17, 15) is 4.79 Å². The van der Waals surface area contributed by atoms with E-state index in [1.54, 1.807) is 24.3 Å². The lowest BCUT2D eigenvalue weighted by atomic mass is 10.2. The van der Waals surface area contributed by atoms with Crippen LogP contribution < -0.4 is 5.32 Å². The molecule has 2 nitrogen and oxygen atoms in total. The van der Waals surface area contributed by atoms with Gasteiger partial charge in [-0.2, -0.15) is 0 Å². The summed E-state index contributed by atoms with van der Waals surface area (Å²) in [6.07, 6.45) is 1.67. The summed E-state index contributed by atoms with van der Waals surface area (Å²) in [5, 5.41) is 3.65. The smallest absolute Gasteiger partial charge is 0.263 e. The maximum atomic E-state index is 11.4. The van der Waals surface area contributed by atoms with Crippen molar-refractivity contribution in [2.24, 2.45) is 0 Å². The van der Waals surface area contributed by atoms with Crippen LogP contribution in [0.2, 0.25) is 10.0 Å². The van der Waals surface area contributed by atoms with E-state index in [-0.39, 0.29) is 5.91 Å². The molecule has 0 radical (unpaired) electrons. The first-order valence-electron chi connectivity index (χ1n) is 4.26. The minimum atomic E-state index is -0.203. The lowest BCUT2D eigenvalue weighted by Crippen LogP contribution is -2.17. The van der Waals surface area contributed by atoms with Gasteiger partial charge in [0.25, 0.3) is 5.91 Å². The Balaban J connectivity index is 2.39. The molecule has 0 aliphatic carbocycles. The first-order valence-corrected chi connectivity index (χ1v) is 6.24. The van der Waals surface area contributed by atoms with Crippen molar-refractivity contribution in [1.29, 1.82) is 0 Å². The third kappa shape index (κ3) is 2.58. The summed E-state index contributed by atoms with van der Waals surface area (Å²) in [5.74, 6) is -0.203. The second-order valence-electron chi connectivity index (χ2n) is 3.02. The zero-order chi connectivity index (χ0) is 11.7. The SMILES string of the molecule is O=C1NC(=S)S/C1=C\c1cc(Cl)ccc1Cl. The summed E-state index contributed by atoms with van der Waals surface area (Å²) in [4.78, 5) is 11.9. The molecule has 1 saturated heterocycles. The second kappa shape index (κ2) is 4.75. The van der Waals surface area contributed by atoms with Crippen LogP contribution in [0.4, 0.5) is 0 Å². The van der Waals surface area contributed by atoms with Crippen molar-refractivity contribution in [1.82, 2.24) is 5.32 Å². The average Bonchev–Trinajstić information content (AvgIpc) is 2.51. The Morgan fingerprint density at radius 3 is 2.75 bits per heavy atom. The van der Waals surface area contributed by atoms with E-state index < -0.39 is 0 Å². The van der Waals surface area contributed by atoms with Crippen molar-refractivity contribution >= 4 is 63.5 Å². The minimum Gasteiger partial charge on any atom is -0.307 e. The number of nitrogens with one attached hydrogen (secondary N) is 1. The van der Waals surface area contributed by atoms with E-state index >= 15 is 0 Å². The molecule has 0 aromatic heterocycles. The molecule has 1 aliphatic rings. The highest BCUT2D eigenvalue weighted by molar-refractivity contribution is 8.26. The topological polar surface area (TPSA) is 29.1 Å². The predicted molar refractivity (Wildman–Crippen MR) is 72.8 cm³/mol. The number of benzene rings is 1. The first kappa shape index (κ1) is 11.9. The number of hydrogen-bond acceptors (Lipinski definition) is 3. The highest BCUT2D eigenvalue weighted by atomic mass is 35.5. The fourth-order valence-electron chi connectivity index (χ4n) is 1.19. The van der Waals surface area contributed by atoms with Gasteiger partial charge in [-0.3, -0.25) is 4.79 Å². The molecule has 0 spiro atoms. The fourth-order valence-corrected chi connectivity index (χ4v) is 2.58. The van der Waals surface area contributed by atoms with Crippen molar-refractivity contribution in [3.63, 3.8) is 0 Å². The number of amides is 1. The van der Waals surface area contributed by atoms with Gasteiger partial charge in [-0.25, -0.2) is 0 Å². The molecule has 1 aromatic rings. The van der Waals surface area contributed by atoms with E-state index in [1.807, 2.05) is 0 Å². The zero-order valence-corrected chi connectivity index (χ0v) is 10.9. The molecule has 1 N–H and O–H groups in total. The molecule has 6 heteroatoms. The van der Waals surface area contributed by atoms with Gasteiger partial charge in [-0.05, 0) is 29.8 Å². The van der Waals surface area contributed by atoms with Gasteiger partial charge < -0.3 is 5.32 Å². The summed E-state index contributed by atoms with van der Waals surface area (Å²) >= 11 is 17.9. The number of halogens is 2. The normalized spacial score (nSPS) is 18.0. The van der Waals surface area contributed by atoms with Gasteiger partial charge in [0.05, 0.1) is 4.91 Å². The van der Waals surface area contributed by atoms with Crippen LogP contribution in [0, 0.1) is 0 Å². The lowest BCUT2D eigenvalue weighted by Gasteiger charge is -1.99. The molecule has 2 rings (SSSR count). The zero-order valence-electron chi connectivity index (χ0n) is 7.79. The fraction of sp³-hybridized carbons (Fsp3) is 0. The Morgan fingerprint density at radius 2 is 2.12 bits per heavy atom. The van der Waals surface area contributed by atoms with E-state index in [1.165, 1.54) is 11.8 Å². The van der Waals surface area contributed by atoms with Gasteiger partial charge in [0, 0.05) is 10.0 Å². The number of carbonyl (C=O) groups is 1. The van der Waals surface area contributed by atoms with Gasteiger partial charge in [-0.1, -0.05) is 47.2 Å². The first-order chi connectivity index (χ1) is 7.56. The third-order valence-corrected chi connectivity index (χ3v) is 3.63. The summed E-state index contributed by atoms with van der Waals surface area (Å²) in [6, 6.07) is 5.08. The van der Waals surface area contributed by atoms with Gasteiger partial charge in [0.2, 0.25) is 0 Å². The van der Waals surface area contributed by atoms with Crippen LogP contribution in [0.5, 0.6) is 0 Å². The van der Waals surface area contributed by atoms with Crippen LogP contribution in [-0.4, -0.2) is 10.2 Å². The van der Waals surface area contributed by atoms with Crippen LogP contribution in [0.3, 0.4) is 0 Å². The highest BCUT2D eigenvalue weighted by Gasteiger charge is 2.22. The Morgan fingerprint density at radius 1 is 1.38 bits per heavy atom. The Hall–Kier alpha value is -0.550. The van der Waals surface area contributed by atoms with Crippen LogP contribution in [-0.2, 0) is 4.79 Å². The van der Waals surface area contributed by atoms with Crippen LogP contribution >= 0.6 is 47.2 Å². The van der Waals surface area contributed by atoms with Gasteiger partial charge >= 0.3 is 0 Å². The summed E-state index contributed by atoms with van der Waals surface area (Å²) in [7, 11) is 0. The monoisotopic (exact) mass is 289 g/mol. The number of rotatable bonds is 1. The van der Waals surface area contributed by atoms with E-state index in [4.69, 9.17) is 35.4 Å². The van der Waals surface area contributed by atoms with Crippen molar-refractivity contribution in [2.75, 3.05) is 0 Å². The maximum Gasteiger partial charge on any atom is 0.263 e. The molecule has 1 aliphatic heterocycles. The maximum absolute atomic E-state index is 11.4. The molecule has 1 aromatic carbocycles. The standard InChI is InChI=1S/C10H5Cl2NOS2/c11-6-1-2-7(12)5(3-6)4-8-9(14)13-10(15)16-8/h1-4H,(H,13,14,15)/b8-4-. The number of thioether (sulfide) groups is 1. The van der Waals surface area contributed by atoms with Crippen LogP contribution in [0.15, 0.2) is 23.1 Å². The van der Waals surface area contributed by atoms with Crippen LogP contribution in [0.25, 0.3) is 6.08 Å². The molecule has 1 heterocycles. The van der Waals surface area contributed by atoms with Crippen molar-refractivity contribution < 1.29 is 4.79 Å². The lowest BCUT2D eigenvalue weighted by molar-refractivity contribution is -0.115. The minimum absolute atomic E-state index is 0.203. The molecule has 0 unspecified atom stereocenters. The largest absolute Gasteiger partial charge is 0.307 e. The molecule has 1 amide bonds. The van der Waals surface area contributed by atoms with Gasteiger partial charge in [0.15, 0.2) is 0 Å². The van der Waals surface area contributed by atoms with E-state index in [0.29, 0.717) is 24.8 Å². The molecular weight excluding hydrogens is 285 g/mol. The van der Waals surface area contributed by atoms with E-state index in [2.05, 4.69) is 5.32 Å². The average molecular weight is 290 g/mol. The van der Waals surface area contributed by atoms with Crippen molar-refractivity contribution in [3.05, 3.63) is 38.7 Å². The van der Waals surface area contributed by atoms with Gasteiger partial charge in [0.1, 0.15) is 4.32 Å².